The molecule has 0 radical (unpaired) electrons. The monoisotopic (exact) mass is 489 g/mol. The van der Waals surface area contributed by atoms with E-state index in [1.165, 1.54) is 11.8 Å². The van der Waals surface area contributed by atoms with Crippen molar-refractivity contribution >= 4 is 29.4 Å². The molecule has 0 aliphatic carbocycles. The van der Waals surface area contributed by atoms with Gasteiger partial charge in [0.1, 0.15) is 5.76 Å². The third-order valence-electron chi connectivity index (χ3n) is 5.52. The number of thioether (sulfide) groups is 1. The van der Waals surface area contributed by atoms with Crippen LogP contribution in [0.3, 0.4) is 0 Å². The molecule has 1 atom stereocenters. The predicted octanol–water partition coefficient (Wildman–Crippen LogP) is 5.34. The molecule has 9 heteroatoms. The van der Waals surface area contributed by atoms with Gasteiger partial charge in [0.2, 0.25) is 5.91 Å². The lowest BCUT2D eigenvalue weighted by atomic mass is 10.1. The van der Waals surface area contributed by atoms with Crippen molar-refractivity contribution in [1.82, 2.24) is 20.1 Å². The molecule has 2 N–H and O–H groups in total. The molecule has 8 nitrogen and oxygen atoms in total. The highest BCUT2D eigenvalue weighted by atomic mass is 32.2. The minimum Gasteiger partial charge on any atom is -0.469 e. The molecular weight excluding hydrogens is 462 g/mol. The number of nitrogens with one attached hydrogen (secondary N) is 2. The van der Waals surface area contributed by atoms with Crippen LogP contribution in [0.5, 0.6) is 0 Å². The maximum Gasteiger partial charge on any atom is 0.325 e. The predicted molar refractivity (Wildman–Crippen MR) is 136 cm³/mol. The van der Waals surface area contributed by atoms with Crippen LogP contribution in [0.1, 0.15) is 29.4 Å². The number of hydrogen-bond donors (Lipinski definition) is 2. The minimum atomic E-state index is -0.586. The van der Waals surface area contributed by atoms with Gasteiger partial charge in [-0.05, 0) is 51.0 Å². The first-order valence-electron chi connectivity index (χ1n) is 11.2. The Morgan fingerprint density at radius 3 is 2.51 bits per heavy atom. The summed E-state index contributed by atoms with van der Waals surface area (Å²) in [7, 11) is 0. The molecule has 0 bridgehead atoms. The molecule has 3 amide bonds. The Bertz CT molecular complexity index is 1350. The lowest BCUT2D eigenvalue weighted by Crippen LogP contribution is -2.39. The fraction of sp³-hybridized carbons (Fsp3) is 0.231. The second-order valence-electron chi connectivity index (χ2n) is 8.29. The van der Waals surface area contributed by atoms with Gasteiger partial charge in [0.25, 0.3) is 0 Å². The summed E-state index contributed by atoms with van der Waals surface area (Å²) in [5.74, 6) is 0.965. The minimum absolute atomic E-state index is 0.424. The summed E-state index contributed by atoms with van der Waals surface area (Å²) < 4.78 is 7.42. The summed E-state index contributed by atoms with van der Waals surface area (Å²) in [4.78, 5) is 25.2. The number of carbonyl (C=O) groups is 2. The molecule has 0 saturated carbocycles. The lowest BCUT2D eigenvalue weighted by molar-refractivity contribution is -0.119. The smallest absolute Gasteiger partial charge is 0.325 e. The van der Waals surface area contributed by atoms with Crippen LogP contribution in [-0.2, 0) is 11.3 Å². The molecule has 0 aliphatic rings. The highest BCUT2D eigenvalue weighted by Crippen LogP contribution is 2.30. The first-order chi connectivity index (χ1) is 16.8. The van der Waals surface area contributed by atoms with Crippen molar-refractivity contribution in [2.45, 2.75) is 44.6 Å². The van der Waals surface area contributed by atoms with E-state index in [1.807, 2.05) is 79.9 Å². The van der Waals surface area contributed by atoms with Gasteiger partial charge < -0.3 is 9.73 Å². The first-order valence-corrected chi connectivity index (χ1v) is 12.1. The molecule has 2 heterocycles. The van der Waals surface area contributed by atoms with Gasteiger partial charge in [-0.15, -0.1) is 10.2 Å². The maximum atomic E-state index is 12.8. The van der Waals surface area contributed by atoms with E-state index in [0.717, 1.165) is 28.0 Å². The number of hydrogen-bond acceptors (Lipinski definition) is 6. The number of benzene rings is 2. The molecule has 4 rings (SSSR count). The van der Waals surface area contributed by atoms with Gasteiger partial charge in [-0.25, -0.2) is 4.79 Å². The van der Waals surface area contributed by atoms with Crippen molar-refractivity contribution in [3.63, 3.8) is 0 Å². The van der Waals surface area contributed by atoms with Crippen molar-refractivity contribution < 1.29 is 14.0 Å². The molecule has 0 spiro atoms. The standard InChI is InChI=1S/C26H27N5O3S/c1-16-10-11-22(17(2)14-16)27-25(33)28-24(32)19(4)35-26-30-29-23(21-12-13-34-18(21)3)31(26)15-20-8-6-5-7-9-20/h5-14,19H,15H2,1-4H3,(H2,27,28,32,33). The van der Waals surface area contributed by atoms with Gasteiger partial charge in [0.15, 0.2) is 11.0 Å². The fourth-order valence-corrected chi connectivity index (χ4v) is 4.48. The van der Waals surface area contributed by atoms with E-state index >= 15 is 0 Å². The average Bonchev–Trinajstić information content (AvgIpc) is 3.42. The maximum absolute atomic E-state index is 12.8. The Morgan fingerprint density at radius 1 is 1.06 bits per heavy atom. The Balaban J connectivity index is 1.49. The largest absolute Gasteiger partial charge is 0.469 e. The summed E-state index contributed by atoms with van der Waals surface area (Å²) in [6, 6.07) is 16.9. The first kappa shape index (κ1) is 24.3. The molecule has 4 aromatic rings. The number of aryl methyl sites for hydroxylation is 3. The molecule has 0 fully saturated rings. The summed E-state index contributed by atoms with van der Waals surface area (Å²) in [6.45, 7) is 8.01. The second kappa shape index (κ2) is 10.6. The third kappa shape index (κ3) is 5.81. The van der Waals surface area contributed by atoms with Crippen LogP contribution in [-0.4, -0.2) is 32.0 Å². The van der Waals surface area contributed by atoms with Crippen LogP contribution >= 0.6 is 11.8 Å². The number of carbonyl (C=O) groups excluding carboxylic acids is 2. The number of furan rings is 1. The van der Waals surface area contributed by atoms with Crippen LogP contribution < -0.4 is 10.6 Å². The van der Waals surface area contributed by atoms with E-state index in [1.54, 1.807) is 13.2 Å². The number of anilines is 1. The number of rotatable bonds is 7. The van der Waals surface area contributed by atoms with Crippen LogP contribution in [0, 0.1) is 20.8 Å². The SMILES string of the molecule is Cc1ccc(NC(=O)NC(=O)C(C)Sc2nnc(-c3ccoc3C)n2Cc2ccccc2)c(C)c1. The fourth-order valence-electron chi connectivity index (χ4n) is 3.63. The second-order valence-corrected chi connectivity index (χ2v) is 9.60. The zero-order valence-corrected chi connectivity index (χ0v) is 20.8. The summed E-state index contributed by atoms with van der Waals surface area (Å²) in [6.07, 6.45) is 1.61. The van der Waals surface area contributed by atoms with Gasteiger partial charge in [-0.2, -0.15) is 0 Å². The summed E-state index contributed by atoms with van der Waals surface area (Å²) in [5, 5.41) is 13.9. The number of urea groups is 1. The summed E-state index contributed by atoms with van der Waals surface area (Å²) in [5.41, 5.74) is 4.58. The molecule has 180 valence electrons. The third-order valence-corrected chi connectivity index (χ3v) is 6.60. The van der Waals surface area contributed by atoms with Gasteiger partial charge in [-0.1, -0.05) is 59.8 Å². The normalized spacial score (nSPS) is 11.8. The molecule has 0 saturated heterocycles. The Hall–Kier alpha value is -3.85. The zero-order chi connectivity index (χ0) is 24.9. The Labute approximate surface area is 208 Å². The number of nitrogens with zero attached hydrogens (tertiary/aromatic N) is 3. The average molecular weight is 490 g/mol. The number of amides is 3. The van der Waals surface area contributed by atoms with Crippen LogP contribution in [0.2, 0.25) is 0 Å². The Morgan fingerprint density at radius 2 is 1.83 bits per heavy atom. The highest BCUT2D eigenvalue weighted by Gasteiger charge is 2.23. The van der Waals surface area contributed by atoms with Gasteiger partial charge in [0.05, 0.1) is 23.6 Å². The molecular formula is C26H27N5O3S. The van der Waals surface area contributed by atoms with Gasteiger partial charge in [0, 0.05) is 5.69 Å². The Kier molecular flexibility index (Phi) is 7.36. The lowest BCUT2D eigenvalue weighted by Gasteiger charge is -2.14. The van der Waals surface area contributed by atoms with Crippen molar-refractivity contribution in [3.05, 3.63) is 83.3 Å². The van der Waals surface area contributed by atoms with E-state index in [9.17, 15) is 9.59 Å². The van der Waals surface area contributed by atoms with Crippen molar-refractivity contribution in [2.24, 2.45) is 0 Å². The number of aromatic nitrogens is 3. The van der Waals surface area contributed by atoms with Crippen molar-refractivity contribution in [3.8, 4) is 11.4 Å². The number of imide groups is 1. The summed E-state index contributed by atoms with van der Waals surface area (Å²) >= 11 is 1.24. The topological polar surface area (TPSA) is 102 Å². The van der Waals surface area contributed by atoms with Gasteiger partial charge >= 0.3 is 6.03 Å². The van der Waals surface area contributed by atoms with Crippen LogP contribution in [0.4, 0.5) is 10.5 Å². The molecule has 35 heavy (non-hydrogen) atoms. The molecule has 0 aliphatic heterocycles. The molecule has 1 unspecified atom stereocenters. The highest BCUT2D eigenvalue weighted by molar-refractivity contribution is 8.00. The van der Waals surface area contributed by atoms with Crippen LogP contribution in [0.25, 0.3) is 11.4 Å². The van der Waals surface area contributed by atoms with E-state index in [2.05, 4.69) is 20.8 Å². The van der Waals surface area contributed by atoms with E-state index in [0.29, 0.717) is 23.2 Å². The molecule has 2 aromatic heterocycles. The van der Waals surface area contributed by atoms with E-state index in [4.69, 9.17) is 4.42 Å². The van der Waals surface area contributed by atoms with E-state index < -0.39 is 17.2 Å². The van der Waals surface area contributed by atoms with Gasteiger partial charge in [-0.3, -0.25) is 14.7 Å². The van der Waals surface area contributed by atoms with Crippen LogP contribution in [0.15, 0.2) is 70.4 Å². The zero-order valence-electron chi connectivity index (χ0n) is 20.0. The van der Waals surface area contributed by atoms with E-state index in [-0.39, 0.29) is 0 Å². The van der Waals surface area contributed by atoms with Crippen molar-refractivity contribution in [2.75, 3.05) is 5.32 Å². The quantitative estimate of drug-likeness (QED) is 0.340. The molecule has 2 aromatic carbocycles. The van der Waals surface area contributed by atoms with Crippen molar-refractivity contribution in [1.29, 1.82) is 0 Å².